The van der Waals surface area contributed by atoms with E-state index in [0.29, 0.717) is 0 Å². The van der Waals surface area contributed by atoms with Crippen molar-refractivity contribution in [2.75, 3.05) is 10.6 Å². The number of nitrogens with one attached hydrogen (secondary N) is 3. The molecule has 0 radical (unpaired) electrons. The van der Waals surface area contributed by atoms with Crippen LogP contribution in [0.5, 0.6) is 0 Å². The Bertz CT molecular complexity index is 1170. The first kappa shape index (κ1) is 19.6. The second-order valence-electron chi connectivity index (χ2n) is 6.68. The van der Waals surface area contributed by atoms with E-state index in [-0.39, 0.29) is 45.0 Å². The zero-order chi connectivity index (χ0) is 22.1. The molecule has 1 aliphatic rings. The zero-order valence-electron chi connectivity index (χ0n) is 15.8. The Balaban J connectivity index is 1.84. The van der Waals surface area contributed by atoms with Crippen LogP contribution >= 0.6 is 0 Å². The van der Waals surface area contributed by atoms with Crippen LogP contribution in [0.25, 0.3) is 0 Å². The number of benzene rings is 3. The predicted octanol–water partition coefficient (Wildman–Crippen LogP) is 3.45. The fourth-order valence-electron chi connectivity index (χ4n) is 3.27. The smallest absolute Gasteiger partial charge is 0.337 e. The third kappa shape index (κ3) is 3.67. The first-order chi connectivity index (χ1) is 14.8. The highest BCUT2D eigenvalue weighted by molar-refractivity contribution is 6.22. The molecule has 9 nitrogen and oxygen atoms in total. The molecule has 4 rings (SSSR count). The van der Waals surface area contributed by atoms with Gasteiger partial charge in [-0.3, -0.25) is 14.9 Å². The quantitative estimate of drug-likeness (QED) is 0.384. The van der Waals surface area contributed by atoms with Gasteiger partial charge < -0.3 is 20.8 Å². The van der Waals surface area contributed by atoms with E-state index in [4.69, 9.17) is 0 Å². The Kier molecular flexibility index (Phi) is 4.84. The summed E-state index contributed by atoms with van der Waals surface area (Å²) in [5.74, 6) is -3.45. The Morgan fingerprint density at radius 1 is 0.645 bits per heavy atom. The minimum Gasteiger partial charge on any atom is -0.478 e. The minimum atomic E-state index is -1.15. The van der Waals surface area contributed by atoms with Gasteiger partial charge >= 0.3 is 11.9 Å². The van der Waals surface area contributed by atoms with Crippen LogP contribution in [0.1, 0.15) is 41.4 Å². The number of fused-ring (bicyclic) bond motifs is 1. The number of anilines is 4. The van der Waals surface area contributed by atoms with E-state index in [1.807, 2.05) is 0 Å². The first-order valence-electron chi connectivity index (χ1n) is 9.07. The number of carbonyl (C=O) groups is 4. The molecule has 2 amide bonds. The van der Waals surface area contributed by atoms with Crippen LogP contribution in [0.4, 0.5) is 22.7 Å². The van der Waals surface area contributed by atoms with E-state index in [1.54, 1.807) is 36.4 Å². The summed E-state index contributed by atoms with van der Waals surface area (Å²) in [5.41, 5.74) is 1.34. The molecule has 0 aromatic heterocycles. The number of hydrogen-bond acceptors (Lipinski definition) is 6. The average Bonchev–Trinajstić information content (AvgIpc) is 3.01. The molecule has 0 fully saturated rings. The topological polar surface area (TPSA) is 145 Å². The fraction of sp³-hybridized carbons (Fsp3) is 0. The Morgan fingerprint density at radius 2 is 1.03 bits per heavy atom. The van der Waals surface area contributed by atoms with E-state index < -0.39 is 23.8 Å². The Labute approximate surface area is 175 Å². The van der Waals surface area contributed by atoms with Gasteiger partial charge in [0.05, 0.1) is 45.0 Å². The Morgan fingerprint density at radius 3 is 1.42 bits per heavy atom. The van der Waals surface area contributed by atoms with Gasteiger partial charge in [-0.25, -0.2) is 9.59 Å². The second kappa shape index (κ2) is 7.64. The summed E-state index contributed by atoms with van der Waals surface area (Å²) in [6, 6.07) is 15.2. The zero-order valence-corrected chi connectivity index (χ0v) is 15.8. The lowest BCUT2D eigenvalue weighted by Gasteiger charge is -2.17. The lowest BCUT2D eigenvalue weighted by Crippen LogP contribution is -2.19. The molecule has 5 N–H and O–H groups in total. The molecule has 3 aromatic carbocycles. The molecular formula is C22H15N3O6. The number of amides is 2. The highest BCUT2D eigenvalue weighted by atomic mass is 16.4. The van der Waals surface area contributed by atoms with Crippen LogP contribution in [0.15, 0.2) is 60.7 Å². The first-order valence-corrected chi connectivity index (χ1v) is 9.07. The van der Waals surface area contributed by atoms with E-state index in [0.717, 1.165) is 0 Å². The van der Waals surface area contributed by atoms with Crippen LogP contribution in [-0.2, 0) is 0 Å². The monoisotopic (exact) mass is 417 g/mol. The maximum Gasteiger partial charge on any atom is 0.337 e. The number of carbonyl (C=O) groups excluding carboxylic acids is 2. The number of hydrogen-bond donors (Lipinski definition) is 5. The van der Waals surface area contributed by atoms with Crippen molar-refractivity contribution in [2.45, 2.75) is 0 Å². The van der Waals surface area contributed by atoms with Gasteiger partial charge in [-0.05, 0) is 36.4 Å². The normalized spacial score (nSPS) is 12.1. The van der Waals surface area contributed by atoms with Gasteiger partial charge in [0.15, 0.2) is 0 Å². The summed E-state index contributed by atoms with van der Waals surface area (Å²) in [7, 11) is 0. The number of carboxylic acid groups (broad SMARTS) is 2. The van der Waals surface area contributed by atoms with Crippen molar-refractivity contribution in [3.05, 3.63) is 82.9 Å². The number of rotatable bonds is 6. The third-order valence-electron chi connectivity index (χ3n) is 4.73. The van der Waals surface area contributed by atoms with Gasteiger partial charge in [0.2, 0.25) is 0 Å². The summed E-state index contributed by atoms with van der Waals surface area (Å²) in [6.45, 7) is 0. The van der Waals surface area contributed by atoms with Gasteiger partial charge in [-0.15, -0.1) is 0 Å². The van der Waals surface area contributed by atoms with Crippen LogP contribution in [0.3, 0.4) is 0 Å². The molecular weight excluding hydrogens is 402 g/mol. The average molecular weight is 417 g/mol. The number of imide groups is 1. The number of aromatic carboxylic acids is 2. The van der Waals surface area contributed by atoms with Gasteiger partial charge in [0.1, 0.15) is 0 Å². The van der Waals surface area contributed by atoms with Crippen LogP contribution in [-0.4, -0.2) is 34.0 Å². The van der Waals surface area contributed by atoms with Crippen LogP contribution in [0.2, 0.25) is 0 Å². The van der Waals surface area contributed by atoms with E-state index in [2.05, 4.69) is 16.0 Å². The maximum atomic E-state index is 12.1. The number of para-hydroxylation sites is 2. The van der Waals surface area contributed by atoms with Gasteiger partial charge in [-0.2, -0.15) is 0 Å². The molecule has 1 aliphatic heterocycles. The maximum absolute atomic E-state index is 12.1. The molecule has 0 saturated heterocycles. The van der Waals surface area contributed by atoms with Crippen molar-refractivity contribution in [2.24, 2.45) is 0 Å². The molecule has 0 unspecified atom stereocenters. The molecule has 0 spiro atoms. The van der Waals surface area contributed by atoms with Gasteiger partial charge in [0, 0.05) is 0 Å². The lowest BCUT2D eigenvalue weighted by atomic mass is 10.0. The van der Waals surface area contributed by atoms with Crippen molar-refractivity contribution in [3.63, 3.8) is 0 Å². The van der Waals surface area contributed by atoms with Crippen molar-refractivity contribution in [1.82, 2.24) is 5.32 Å². The standard InChI is InChI=1S/C22H15N3O6/c26-19-13-9-17(23-15-7-3-1-5-11(15)21(28)29)18(10-14(13)20(27)25-19)24-16-8-4-2-6-12(16)22(30)31/h1-10,23-24H,(H,28,29)(H,30,31)(H,25,26,27). The van der Waals surface area contributed by atoms with E-state index in [9.17, 15) is 29.4 Å². The van der Waals surface area contributed by atoms with Crippen molar-refractivity contribution < 1.29 is 29.4 Å². The summed E-state index contributed by atoms with van der Waals surface area (Å²) >= 11 is 0. The Hall–Kier alpha value is -4.66. The summed E-state index contributed by atoms with van der Waals surface area (Å²) in [6.07, 6.45) is 0. The largest absolute Gasteiger partial charge is 0.478 e. The molecule has 1 heterocycles. The lowest BCUT2D eigenvalue weighted by molar-refractivity contribution is 0.0687. The van der Waals surface area contributed by atoms with Crippen molar-refractivity contribution in [3.8, 4) is 0 Å². The molecule has 154 valence electrons. The molecule has 0 bridgehead atoms. The van der Waals surface area contributed by atoms with E-state index in [1.165, 1.54) is 24.3 Å². The minimum absolute atomic E-state index is 0.000382. The predicted molar refractivity (Wildman–Crippen MR) is 112 cm³/mol. The summed E-state index contributed by atoms with van der Waals surface area (Å²) in [4.78, 5) is 47.4. The highest BCUT2D eigenvalue weighted by Gasteiger charge is 2.29. The fourth-order valence-corrected chi connectivity index (χ4v) is 3.27. The molecule has 3 aromatic rings. The SMILES string of the molecule is O=C(O)c1ccccc1Nc1cc2c(cc1Nc1ccccc1C(=O)O)C(=O)NC2=O. The summed E-state index contributed by atoms with van der Waals surface area (Å²) < 4.78 is 0. The van der Waals surface area contributed by atoms with Crippen molar-refractivity contribution in [1.29, 1.82) is 0 Å². The second-order valence-corrected chi connectivity index (χ2v) is 6.68. The van der Waals surface area contributed by atoms with Gasteiger partial charge in [-0.1, -0.05) is 24.3 Å². The molecule has 0 saturated carbocycles. The summed E-state index contributed by atoms with van der Waals surface area (Å²) in [5, 5.41) is 27.0. The molecule has 0 atom stereocenters. The third-order valence-corrected chi connectivity index (χ3v) is 4.73. The molecule has 31 heavy (non-hydrogen) atoms. The molecule has 0 aliphatic carbocycles. The van der Waals surface area contributed by atoms with Crippen LogP contribution in [0, 0.1) is 0 Å². The number of carboxylic acids is 2. The molecule has 9 heteroatoms. The van der Waals surface area contributed by atoms with Crippen LogP contribution < -0.4 is 16.0 Å². The van der Waals surface area contributed by atoms with Gasteiger partial charge in [0.25, 0.3) is 11.8 Å². The van der Waals surface area contributed by atoms with Crippen molar-refractivity contribution >= 4 is 46.5 Å². The van der Waals surface area contributed by atoms with E-state index >= 15 is 0 Å². The highest BCUT2D eigenvalue weighted by Crippen LogP contribution is 2.35.